The first-order chi connectivity index (χ1) is 9.27. The summed E-state index contributed by atoms with van der Waals surface area (Å²) in [5, 5.41) is 3.80. The van der Waals surface area contributed by atoms with Crippen LogP contribution in [0.4, 0.5) is 0 Å². The molecule has 1 aromatic rings. The van der Waals surface area contributed by atoms with Crippen molar-refractivity contribution in [3.05, 3.63) is 35.9 Å². The number of hydrogen-bond donors (Lipinski definition) is 1. The van der Waals surface area contributed by atoms with Crippen molar-refractivity contribution < 1.29 is 4.74 Å². The highest BCUT2D eigenvalue weighted by atomic mass is 32.2. The number of benzene rings is 1. The Morgan fingerprint density at radius 3 is 2.95 bits per heavy atom. The summed E-state index contributed by atoms with van der Waals surface area (Å²) in [5.74, 6) is 2.45. The fourth-order valence-electron chi connectivity index (χ4n) is 3.22. The molecule has 3 rings (SSSR count). The van der Waals surface area contributed by atoms with Gasteiger partial charge in [-0.15, -0.1) is 0 Å². The van der Waals surface area contributed by atoms with Crippen LogP contribution < -0.4 is 5.32 Å². The van der Waals surface area contributed by atoms with E-state index in [0.717, 1.165) is 13.0 Å². The minimum atomic E-state index is 0.178. The van der Waals surface area contributed by atoms with E-state index in [1.807, 2.05) is 11.8 Å². The molecule has 0 bridgehead atoms. The molecule has 2 fully saturated rings. The van der Waals surface area contributed by atoms with Gasteiger partial charge in [0.25, 0.3) is 0 Å². The van der Waals surface area contributed by atoms with E-state index in [9.17, 15) is 0 Å². The van der Waals surface area contributed by atoms with E-state index in [4.69, 9.17) is 4.74 Å². The second-order valence-electron chi connectivity index (χ2n) is 5.82. The first-order valence-electron chi connectivity index (χ1n) is 7.30. The van der Waals surface area contributed by atoms with Gasteiger partial charge in [-0.3, -0.25) is 0 Å². The second-order valence-corrected chi connectivity index (χ2v) is 6.93. The van der Waals surface area contributed by atoms with Gasteiger partial charge in [0.15, 0.2) is 0 Å². The summed E-state index contributed by atoms with van der Waals surface area (Å²) in [6, 6.07) is 11.8. The first-order valence-corrected chi connectivity index (χ1v) is 8.46. The predicted octanol–water partition coefficient (Wildman–Crippen LogP) is 3.39. The van der Waals surface area contributed by atoms with Crippen molar-refractivity contribution in [1.29, 1.82) is 0 Å². The van der Waals surface area contributed by atoms with E-state index < -0.39 is 0 Å². The fourth-order valence-corrected chi connectivity index (χ4v) is 4.60. The summed E-state index contributed by atoms with van der Waals surface area (Å²) in [6.07, 6.45) is 3.55. The van der Waals surface area contributed by atoms with Gasteiger partial charge in [0, 0.05) is 24.4 Å². The molecule has 1 spiro atoms. The van der Waals surface area contributed by atoms with Crippen LogP contribution in [0.15, 0.2) is 30.3 Å². The summed E-state index contributed by atoms with van der Waals surface area (Å²) in [5.41, 5.74) is 1.56. The summed E-state index contributed by atoms with van der Waals surface area (Å²) in [4.78, 5) is 0. The highest BCUT2D eigenvalue weighted by molar-refractivity contribution is 7.99. The van der Waals surface area contributed by atoms with E-state index >= 15 is 0 Å². The van der Waals surface area contributed by atoms with Gasteiger partial charge in [0.1, 0.15) is 0 Å². The monoisotopic (exact) mass is 277 g/mol. The summed E-state index contributed by atoms with van der Waals surface area (Å²) >= 11 is 2.04. The van der Waals surface area contributed by atoms with E-state index in [0.29, 0.717) is 12.1 Å². The SMILES string of the molecule is C[C@@H](NC1CCOC2(CCSC2)C1)c1ccccc1. The van der Waals surface area contributed by atoms with Crippen LogP contribution in [-0.4, -0.2) is 29.8 Å². The standard InChI is InChI=1S/C16H23NOS/c1-13(14-5-3-2-4-6-14)17-15-7-9-18-16(11-15)8-10-19-12-16/h2-6,13,15,17H,7-12H2,1H3/t13-,15?,16?/m1/s1. The van der Waals surface area contributed by atoms with Crippen molar-refractivity contribution in [2.45, 2.75) is 43.9 Å². The Hall–Kier alpha value is -0.510. The fraction of sp³-hybridized carbons (Fsp3) is 0.625. The molecule has 2 saturated heterocycles. The topological polar surface area (TPSA) is 21.3 Å². The molecule has 0 saturated carbocycles. The maximum atomic E-state index is 6.08. The zero-order valence-electron chi connectivity index (χ0n) is 11.6. The molecule has 2 heterocycles. The highest BCUT2D eigenvalue weighted by Crippen LogP contribution is 2.38. The zero-order valence-corrected chi connectivity index (χ0v) is 12.4. The average Bonchev–Trinajstić information content (AvgIpc) is 2.88. The number of thioether (sulfide) groups is 1. The number of hydrogen-bond acceptors (Lipinski definition) is 3. The lowest BCUT2D eigenvalue weighted by Crippen LogP contribution is -2.47. The van der Waals surface area contributed by atoms with Gasteiger partial charge in [0.2, 0.25) is 0 Å². The Bertz CT molecular complexity index is 402. The molecule has 1 aromatic carbocycles. The molecule has 3 atom stereocenters. The van der Waals surface area contributed by atoms with Crippen LogP contribution >= 0.6 is 11.8 Å². The summed E-state index contributed by atoms with van der Waals surface area (Å²) < 4.78 is 6.08. The minimum absolute atomic E-state index is 0.178. The lowest BCUT2D eigenvalue weighted by molar-refractivity contribution is -0.0711. The van der Waals surface area contributed by atoms with Crippen LogP contribution in [0.3, 0.4) is 0 Å². The zero-order chi connectivity index (χ0) is 13.1. The molecule has 2 aliphatic rings. The van der Waals surface area contributed by atoms with Crippen molar-refractivity contribution in [2.24, 2.45) is 0 Å². The molecule has 19 heavy (non-hydrogen) atoms. The normalized spacial score (nSPS) is 32.6. The van der Waals surface area contributed by atoms with Crippen molar-refractivity contribution >= 4 is 11.8 Å². The third-order valence-electron chi connectivity index (χ3n) is 4.35. The lowest BCUT2D eigenvalue weighted by atomic mass is 9.89. The van der Waals surface area contributed by atoms with Gasteiger partial charge in [-0.1, -0.05) is 30.3 Å². The second kappa shape index (κ2) is 5.86. The van der Waals surface area contributed by atoms with E-state index in [1.54, 1.807) is 0 Å². The smallest absolute Gasteiger partial charge is 0.0795 e. The van der Waals surface area contributed by atoms with Gasteiger partial charge in [-0.25, -0.2) is 0 Å². The van der Waals surface area contributed by atoms with Crippen LogP contribution in [0.1, 0.15) is 37.8 Å². The van der Waals surface area contributed by atoms with Crippen molar-refractivity contribution in [1.82, 2.24) is 5.32 Å². The van der Waals surface area contributed by atoms with E-state index in [1.165, 1.54) is 29.9 Å². The van der Waals surface area contributed by atoms with Crippen molar-refractivity contribution in [2.75, 3.05) is 18.1 Å². The Balaban J connectivity index is 1.60. The molecule has 0 aromatic heterocycles. The maximum absolute atomic E-state index is 6.08. The largest absolute Gasteiger partial charge is 0.374 e. The molecule has 2 unspecified atom stereocenters. The third-order valence-corrected chi connectivity index (χ3v) is 5.57. The molecule has 3 heteroatoms. The number of nitrogens with one attached hydrogen (secondary N) is 1. The minimum Gasteiger partial charge on any atom is -0.374 e. The molecule has 0 amide bonds. The molecular weight excluding hydrogens is 254 g/mol. The van der Waals surface area contributed by atoms with Crippen molar-refractivity contribution in [3.63, 3.8) is 0 Å². The molecule has 2 aliphatic heterocycles. The Kier molecular flexibility index (Phi) is 4.15. The lowest BCUT2D eigenvalue weighted by Gasteiger charge is -2.39. The van der Waals surface area contributed by atoms with Crippen LogP contribution in [-0.2, 0) is 4.74 Å². The quantitative estimate of drug-likeness (QED) is 0.915. The maximum Gasteiger partial charge on any atom is 0.0795 e. The van der Waals surface area contributed by atoms with Gasteiger partial charge in [-0.2, -0.15) is 11.8 Å². The van der Waals surface area contributed by atoms with Gasteiger partial charge >= 0.3 is 0 Å². The van der Waals surface area contributed by atoms with Crippen molar-refractivity contribution in [3.8, 4) is 0 Å². The molecule has 2 nitrogen and oxygen atoms in total. The molecule has 0 radical (unpaired) electrons. The Labute approximate surface area is 120 Å². The summed E-state index contributed by atoms with van der Waals surface area (Å²) in [6.45, 7) is 3.18. The molecular formula is C16H23NOS. The van der Waals surface area contributed by atoms with E-state index in [2.05, 4.69) is 42.6 Å². The van der Waals surface area contributed by atoms with Crippen LogP contribution in [0.2, 0.25) is 0 Å². The molecule has 0 aliphatic carbocycles. The Morgan fingerprint density at radius 2 is 2.21 bits per heavy atom. The number of ether oxygens (including phenoxy) is 1. The molecule has 1 N–H and O–H groups in total. The van der Waals surface area contributed by atoms with Crippen LogP contribution in [0.25, 0.3) is 0 Å². The van der Waals surface area contributed by atoms with E-state index in [-0.39, 0.29) is 5.60 Å². The third kappa shape index (κ3) is 3.15. The first kappa shape index (κ1) is 13.5. The highest BCUT2D eigenvalue weighted by Gasteiger charge is 2.40. The van der Waals surface area contributed by atoms with Crippen LogP contribution in [0.5, 0.6) is 0 Å². The summed E-state index contributed by atoms with van der Waals surface area (Å²) in [7, 11) is 0. The van der Waals surface area contributed by atoms with Gasteiger partial charge in [-0.05, 0) is 37.5 Å². The van der Waals surface area contributed by atoms with Crippen LogP contribution in [0, 0.1) is 0 Å². The predicted molar refractivity (Wildman–Crippen MR) is 81.6 cm³/mol. The number of rotatable bonds is 3. The average molecular weight is 277 g/mol. The van der Waals surface area contributed by atoms with Gasteiger partial charge < -0.3 is 10.1 Å². The Morgan fingerprint density at radius 1 is 1.37 bits per heavy atom. The van der Waals surface area contributed by atoms with Gasteiger partial charge in [0.05, 0.1) is 5.60 Å². The molecule has 104 valence electrons.